The van der Waals surface area contributed by atoms with E-state index in [-0.39, 0.29) is 0 Å². The van der Waals surface area contributed by atoms with Crippen molar-refractivity contribution in [2.24, 2.45) is 5.92 Å². The van der Waals surface area contributed by atoms with Gasteiger partial charge in [0.2, 0.25) is 0 Å². The first kappa shape index (κ1) is 10.7. The summed E-state index contributed by atoms with van der Waals surface area (Å²) < 4.78 is 0. The minimum atomic E-state index is 0.938. The van der Waals surface area contributed by atoms with Crippen molar-refractivity contribution in [2.45, 2.75) is 52.9 Å². The van der Waals surface area contributed by atoms with E-state index in [2.05, 4.69) is 26.8 Å². The van der Waals surface area contributed by atoms with Crippen molar-refractivity contribution in [3.8, 4) is 0 Å². The number of hydrogen-bond acceptors (Lipinski definition) is 1. The molecule has 0 saturated heterocycles. The van der Waals surface area contributed by atoms with Gasteiger partial charge in [0.1, 0.15) is 0 Å². The quantitative estimate of drug-likeness (QED) is 0.728. The third-order valence-corrected chi connectivity index (χ3v) is 3.30. The SMILES string of the molecule is CCCc1c(C)cc(CC2CC2)nc1C. The van der Waals surface area contributed by atoms with Crippen LogP contribution in [0.1, 0.15) is 48.7 Å². The second-order valence-electron chi connectivity index (χ2n) is 4.89. The predicted octanol–water partition coefficient (Wildman–Crippen LogP) is 3.60. The van der Waals surface area contributed by atoms with Gasteiger partial charge in [-0.2, -0.15) is 0 Å². The normalized spacial score (nSPS) is 15.7. The number of rotatable bonds is 4. The Hall–Kier alpha value is -0.850. The van der Waals surface area contributed by atoms with E-state index in [1.54, 1.807) is 0 Å². The molecule has 15 heavy (non-hydrogen) atoms. The van der Waals surface area contributed by atoms with Crippen molar-refractivity contribution in [1.29, 1.82) is 0 Å². The largest absolute Gasteiger partial charge is 0.258 e. The summed E-state index contributed by atoms with van der Waals surface area (Å²) in [6, 6.07) is 2.30. The molecule has 1 nitrogen and oxygen atoms in total. The lowest BCUT2D eigenvalue weighted by Gasteiger charge is -2.10. The Morgan fingerprint density at radius 1 is 1.33 bits per heavy atom. The summed E-state index contributed by atoms with van der Waals surface area (Å²) in [6.07, 6.45) is 6.42. The lowest BCUT2D eigenvalue weighted by Crippen LogP contribution is -2.01. The van der Waals surface area contributed by atoms with Crippen molar-refractivity contribution in [2.75, 3.05) is 0 Å². The molecule has 0 amide bonds. The molecule has 1 aliphatic rings. The molecule has 1 aromatic heterocycles. The van der Waals surface area contributed by atoms with Crippen LogP contribution in [0.25, 0.3) is 0 Å². The molecule has 1 aliphatic carbocycles. The molecule has 0 N–H and O–H groups in total. The zero-order chi connectivity index (χ0) is 10.8. The number of aromatic nitrogens is 1. The molecule has 1 aromatic rings. The van der Waals surface area contributed by atoms with Crippen LogP contribution in [-0.2, 0) is 12.8 Å². The molecular formula is C14H21N. The molecule has 0 unspecified atom stereocenters. The van der Waals surface area contributed by atoms with Crippen LogP contribution in [0.2, 0.25) is 0 Å². The summed E-state index contributed by atoms with van der Waals surface area (Å²) in [7, 11) is 0. The molecule has 2 rings (SSSR count). The van der Waals surface area contributed by atoms with Gasteiger partial charge in [-0.05, 0) is 62.6 Å². The smallest absolute Gasteiger partial charge is 0.0412 e. The molecule has 0 aliphatic heterocycles. The maximum Gasteiger partial charge on any atom is 0.0412 e. The van der Waals surface area contributed by atoms with E-state index >= 15 is 0 Å². The lowest BCUT2D eigenvalue weighted by molar-refractivity contribution is 0.788. The van der Waals surface area contributed by atoms with Gasteiger partial charge in [0.25, 0.3) is 0 Å². The van der Waals surface area contributed by atoms with Crippen molar-refractivity contribution in [1.82, 2.24) is 4.98 Å². The van der Waals surface area contributed by atoms with E-state index in [1.165, 1.54) is 54.6 Å². The zero-order valence-electron chi connectivity index (χ0n) is 10.1. The molecule has 0 spiro atoms. The van der Waals surface area contributed by atoms with Gasteiger partial charge in [-0.25, -0.2) is 0 Å². The van der Waals surface area contributed by atoms with E-state index in [0.717, 1.165) is 5.92 Å². The predicted molar refractivity (Wildman–Crippen MR) is 64.1 cm³/mol. The van der Waals surface area contributed by atoms with E-state index in [9.17, 15) is 0 Å². The average Bonchev–Trinajstić information content (AvgIpc) is 2.95. The first-order valence-corrected chi connectivity index (χ1v) is 6.16. The molecule has 0 aromatic carbocycles. The minimum absolute atomic E-state index is 0.938. The van der Waals surface area contributed by atoms with Crippen LogP contribution in [0.3, 0.4) is 0 Å². The lowest BCUT2D eigenvalue weighted by atomic mass is 10.0. The van der Waals surface area contributed by atoms with Crippen molar-refractivity contribution < 1.29 is 0 Å². The standard InChI is InChI=1S/C14H21N/c1-4-5-14-10(2)8-13(15-11(14)3)9-12-6-7-12/h8,12H,4-7,9H2,1-3H3. The van der Waals surface area contributed by atoms with E-state index in [4.69, 9.17) is 4.98 Å². The van der Waals surface area contributed by atoms with Crippen LogP contribution < -0.4 is 0 Å². The first-order valence-electron chi connectivity index (χ1n) is 6.16. The molecule has 0 radical (unpaired) electrons. The summed E-state index contributed by atoms with van der Waals surface area (Å²) in [5.41, 5.74) is 5.48. The Morgan fingerprint density at radius 3 is 2.60 bits per heavy atom. The molecule has 1 saturated carbocycles. The average molecular weight is 203 g/mol. The Labute approximate surface area is 92.9 Å². The molecule has 1 heteroatoms. The molecular weight excluding hydrogens is 182 g/mol. The van der Waals surface area contributed by atoms with Crippen molar-refractivity contribution in [3.05, 3.63) is 28.6 Å². The zero-order valence-corrected chi connectivity index (χ0v) is 10.1. The van der Waals surface area contributed by atoms with E-state index in [1.807, 2.05) is 0 Å². The Bertz CT molecular complexity index is 327. The van der Waals surface area contributed by atoms with Crippen LogP contribution in [0, 0.1) is 19.8 Å². The summed E-state index contributed by atoms with van der Waals surface area (Å²) in [4.78, 5) is 4.73. The number of nitrogens with zero attached hydrogens (tertiary/aromatic N) is 1. The van der Waals surface area contributed by atoms with Crippen molar-refractivity contribution >= 4 is 0 Å². The number of pyridine rings is 1. The highest BCUT2D eigenvalue weighted by molar-refractivity contribution is 5.31. The topological polar surface area (TPSA) is 12.9 Å². The second kappa shape index (κ2) is 4.34. The van der Waals surface area contributed by atoms with Gasteiger partial charge in [0, 0.05) is 11.4 Å². The number of aryl methyl sites for hydroxylation is 2. The highest BCUT2D eigenvalue weighted by Crippen LogP contribution is 2.32. The van der Waals surface area contributed by atoms with Gasteiger partial charge in [0.05, 0.1) is 0 Å². The van der Waals surface area contributed by atoms with Gasteiger partial charge in [-0.15, -0.1) is 0 Å². The van der Waals surface area contributed by atoms with Gasteiger partial charge in [0.15, 0.2) is 0 Å². The molecule has 0 atom stereocenters. The van der Waals surface area contributed by atoms with Gasteiger partial charge < -0.3 is 0 Å². The van der Waals surface area contributed by atoms with Gasteiger partial charge in [-0.1, -0.05) is 13.3 Å². The van der Waals surface area contributed by atoms with Crippen LogP contribution in [0.5, 0.6) is 0 Å². The van der Waals surface area contributed by atoms with Crippen LogP contribution in [0.4, 0.5) is 0 Å². The third kappa shape index (κ3) is 2.58. The van der Waals surface area contributed by atoms with Crippen LogP contribution in [0.15, 0.2) is 6.07 Å². The Kier molecular flexibility index (Phi) is 3.08. The molecule has 1 fully saturated rings. The minimum Gasteiger partial charge on any atom is -0.258 e. The summed E-state index contributed by atoms with van der Waals surface area (Å²) >= 11 is 0. The van der Waals surface area contributed by atoms with Gasteiger partial charge >= 0.3 is 0 Å². The van der Waals surface area contributed by atoms with Gasteiger partial charge in [-0.3, -0.25) is 4.98 Å². The number of hydrogen-bond donors (Lipinski definition) is 0. The summed E-state index contributed by atoms with van der Waals surface area (Å²) in [5.74, 6) is 0.938. The highest BCUT2D eigenvalue weighted by Gasteiger charge is 2.22. The molecule has 1 heterocycles. The Morgan fingerprint density at radius 2 is 2.07 bits per heavy atom. The first-order chi connectivity index (χ1) is 7.20. The van der Waals surface area contributed by atoms with E-state index < -0.39 is 0 Å². The summed E-state index contributed by atoms with van der Waals surface area (Å²) in [5, 5.41) is 0. The van der Waals surface area contributed by atoms with Crippen LogP contribution in [-0.4, -0.2) is 4.98 Å². The van der Waals surface area contributed by atoms with E-state index in [0.29, 0.717) is 0 Å². The van der Waals surface area contributed by atoms with Crippen molar-refractivity contribution in [3.63, 3.8) is 0 Å². The second-order valence-corrected chi connectivity index (χ2v) is 4.89. The van der Waals surface area contributed by atoms with Crippen LogP contribution >= 0.6 is 0 Å². The maximum absolute atomic E-state index is 4.73. The summed E-state index contributed by atoms with van der Waals surface area (Å²) in [6.45, 7) is 6.63. The fourth-order valence-electron chi connectivity index (χ4n) is 2.29. The fraction of sp³-hybridized carbons (Fsp3) is 0.643. The molecule has 0 bridgehead atoms. The monoisotopic (exact) mass is 203 g/mol. The molecule has 82 valence electrons. The third-order valence-electron chi connectivity index (χ3n) is 3.30. The highest BCUT2D eigenvalue weighted by atomic mass is 14.7. The fourth-order valence-corrected chi connectivity index (χ4v) is 2.29. The maximum atomic E-state index is 4.73. The Balaban J connectivity index is 2.20.